The summed E-state index contributed by atoms with van der Waals surface area (Å²) in [4.78, 5) is 5.36. The van der Waals surface area contributed by atoms with Gasteiger partial charge in [-0.05, 0) is 6.42 Å². The lowest BCUT2D eigenvalue weighted by atomic mass is 10.0. The monoisotopic (exact) mass is 196 g/mol. The van der Waals surface area contributed by atoms with E-state index in [9.17, 15) is 0 Å². The quantitative estimate of drug-likeness (QED) is 0.620. The Morgan fingerprint density at radius 1 is 1.00 bits per heavy atom. The molecule has 3 rings (SSSR count). The van der Waals surface area contributed by atoms with E-state index >= 15 is 0 Å². The molecular formula is C12H24N2. The molecule has 3 saturated heterocycles. The summed E-state index contributed by atoms with van der Waals surface area (Å²) >= 11 is 0. The number of rotatable bonds is 5. The Kier molecular flexibility index (Phi) is 3.82. The smallest absolute Gasteiger partial charge is 0.0224 e. The van der Waals surface area contributed by atoms with Crippen LogP contribution in [0.1, 0.15) is 39.0 Å². The second-order valence-corrected chi connectivity index (χ2v) is 4.84. The van der Waals surface area contributed by atoms with Gasteiger partial charge in [-0.15, -0.1) is 0 Å². The van der Waals surface area contributed by atoms with Crippen LogP contribution in [0.15, 0.2) is 0 Å². The van der Waals surface area contributed by atoms with Crippen LogP contribution in [-0.2, 0) is 0 Å². The van der Waals surface area contributed by atoms with Crippen molar-refractivity contribution in [2.24, 2.45) is 0 Å². The first-order chi connectivity index (χ1) is 6.90. The molecule has 3 fully saturated rings. The van der Waals surface area contributed by atoms with E-state index in [-0.39, 0.29) is 0 Å². The highest BCUT2D eigenvalue weighted by Crippen LogP contribution is 2.20. The van der Waals surface area contributed by atoms with Crippen molar-refractivity contribution in [1.82, 2.24) is 9.80 Å². The van der Waals surface area contributed by atoms with E-state index in [1.54, 1.807) is 0 Å². The van der Waals surface area contributed by atoms with Crippen molar-refractivity contribution >= 4 is 0 Å². The summed E-state index contributed by atoms with van der Waals surface area (Å²) in [5.74, 6) is 0. The number of hydrogen-bond acceptors (Lipinski definition) is 2. The van der Waals surface area contributed by atoms with Gasteiger partial charge >= 0.3 is 0 Å². The minimum Gasteiger partial charge on any atom is -0.299 e. The number of piperazine rings is 3. The van der Waals surface area contributed by atoms with Crippen LogP contribution in [0.25, 0.3) is 0 Å². The predicted octanol–water partition coefficient (Wildman–Crippen LogP) is 1.96. The van der Waals surface area contributed by atoms with Crippen LogP contribution in [0, 0.1) is 0 Å². The van der Waals surface area contributed by atoms with E-state index in [0.717, 1.165) is 6.04 Å². The molecule has 2 heteroatoms. The van der Waals surface area contributed by atoms with Gasteiger partial charge in [0.2, 0.25) is 0 Å². The molecule has 0 aromatic carbocycles. The van der Waals surface area contributed by atoms with Gasteiger partial charge in [-0.3, -0.25) is 9.80 Å². The Balaban J connectivity index is 1.66. The van der Waals surface area contributed by atoms with Gasteiger partial charge in [0.15, 0.2) is 0 Å². The van der Waals surface area contributed by atoms with Crippen LogP contribution in [0.2, 0.25) is 0 Å². The van der Waals surface area contributed by atoms with E-state index < -0.39 is 0 Å². The standard InChI is InChI=1S/C12H24N2/c1-2-3-4-5-6-12-11-13-7-9-14(12)10-8-13/h12H,2-11H2,1H3. The van der Waals surface area contributed by atoms with Crippen LogP contribution in [0.3, 0.4) is 0 Å². The van der Waals surface area contributed by atoms with Gasteiger partial charge in [0, 0.05) is 38.8 Å². The summed E-state index contributed by atoms with van der Waals surface area (Å²) < 4.78 is 0. The summed E-state index contributed by atoms with van der Waals surface area (Å²) in [5, 5.41) is 0. The molecule has 0 aromatic heterocycles. The highest BCUT2D eigenvalue weighted by molar-refractivity contribution is 4.87. The third kappa shape index (κ3) is 2.48. The van der Waals surface area contributed by atoms with Crippen molar-refractivity contribution < 1.29 is 0 Å². The molecule has 0 amide bonds. The molecule has 3 aliphatic rings. The first kappa shape index (κ1) is 10.4. The molecule has 3 heterocycles. The molecule has 0 N–H and O–H groups in total. The summed E-state index contributed by atoms with van der Waals surface area (Å²) in [5.41, 5.74) is 0. The molecule has 1 atom stereocenters. The summed E-state index contributed by atoms with van der Waals surface area (Å²) in [6.45, 7) is 8.96. The van der Waals surface area contributed by atoms with Gasteiger partial charge in [-0.1, -0.05) is 32.6 Å². The zero-order chi connectivity index (χ0) is 9.80. The van der Waals surface area contributed by atoms with Crippen LogP contribution >= 0.6 is 0 Å². The van der Waals surface area contributed by atoms with Gasteiger partial charge < -0.3 is 0 Å². The molecule has 0 aliphatic carbocycles. The predicted molar refractivity (Wildman–Crippen MR) is 60.6 cm³/mol. The Bertz CT molecular complexity index is 162. The summed E-state index contributed by atoms with van der Waals surface area (Å²) in [6, 6.07) is 0.898. The first-order valence-electron chi connectivity index (χ1n) is 6.36. The SMILES string of the molecule is CCCCCCC1CN2CCN1CC2. The van der Waals surface area contributed by atoms with Gasteiger partial charge in [-0.2, -0.15) is 0 Å². The first-order valence-corrected chi connectivity index (χ1v) is 6.36. The van der Waals surface area contributed by atoms with Gasteiger partial charge in [0.05, 0.1) is 0 Å². The van der Waals surface area contributed by atoms with Crippen molar-refractivity contribution in [1.29, 1.82) is 0 Å². The lowest BCUT2D eigenvalue weighted by molar-refractivity contribution is 0.00886. The molecular weight excluding hydrogens is 172 g/mol. The van der Waals surface area contributed by atoms with Crippen LogP contribution in [-0.4, -0.2) is 48.6 Å². The normalized spacial score (nSPS) is 36.2. The lowest BCUT2D eigenvalue weighted by Gasteiger charge is -2.47. The zero-order valence-electron chi connectivity index (χ0n) is 9.54. The third-order valence-electron chi connectivity index (χ3n) is 3.78. The van der Waals surface area contributed by atoms with Crippen molar-refractivity contribution in [3.63, 3.8) is 0 Å². The molecule has 0 saturated carbocycles. The van der Waals surface area contributed by atoms with Gasteiger partial charge in [0.25, 0.3) is 0 Å². The Morgan fingerprint density at radius 3 is 2.36 bits per heavy atom. The van der Waals surface area contributed by atoms with E-state index in [1.165, 1.54) is 64.8 Å². The number of nitrogens with zero attached hydrogens (tertiary/aromatic N) is 2. The topological polar surface area (TPSA) is 6.48 Å². The molecule has 14 heavy (non-hydrogen) atoms. The fourth-order valence-corrected chi connectivity index (χ4v) is 2.81. The van der Waals surface area contributed by atoms with Crippen molar-refractivity contribution in [2.45, 2.75) is 45.1 Å². The second-order valence-electron chi connectivity index (χ2n) is 4.84. The molecule has 1 unspecified atom stereocenters. The van der Waals surface area contributed by atoms with Crippen LogP contribution in [0.5, 0.6) is 0 Å². The maximum Gasteiger partial charge on any atom is 0.0224 e. The Hall–Kier alpha value is -0.0800. The van der Waals surface area contributed by atoms with E-state index in [0.29, 0.717) is 0 Å². The molecule has 0 aromatic rings. The maximum absolute atomic E-state index is 2.71. The van der Waals surface area contributed by atoms with Crippen molar-refractivity contribution in [3.8, 4) is 0 Å². The lowest BCUT2D eigenvalue weighted by Crippen LogP contribution is -2.60. The van der Waals surface area contributed by atoms with E-state index in [1.807, 2.05) is 0 Å². The number of fused-ring (bicyclic) bond motifs is 3. The van der Waals surface area contributed by atoms with Crippen molar-refractivity contribution in [3.05, 3.63) is 0 Å². The van der Waals surface area contributed by atoms with Gasteiger partial charge in [-0.25, -0.2) is 0 Å². The fraction of sp³-hybridized carbons (Fsp3) is 1.00. The summed E-state index contributed by atoms with van der Waals surface area (Å²) in [7, 11) is 0. The molecule has 0 spiro atoms. The largest absolute Gasteiger partial charge is 0.299 e. The van der Waals surface area contributed by atoms with Crippen LogP contribution in [0.4, 0.5) is 0 Å². The Labute approximate surface area is 88.3 Å². The van der Waals surface area contributed by atoms with E-state index in [4.69, 9.17) is 0 Å². The molecule has 0 radical (unpaired) electrons. The fourth-order valence-electron chi connectivity index (χ4n) is 2.81. The Morgan fingerprint density at radius 2 is 1.79 bits per heavy atom. The number of unbranched alkanes of at least 4 members (excludes halogenated alkanes) is 3. The highest BCUT2D eigenvalue weighted by atomic mass is 15.3. The molecule has 2 nitrogen and oxygen atoms in total. The summed E-state index contributed by atoms with van der Waals surface area (Å²) in [6.07, 6.45) is 7.12. The molecule has 2 bridgehead atoms. The third-order valence-corrected chi connectivity index (χ3v) is 3.78. The average Bonchev–Trinajstić information content (AvgIpc) is 2.26. The molecule has 3 aliphatic heterocycles. The highest BCUT2D eigenvalue weighted by Gasteiger charge is 2.30. The number of hydrogen-bond donors (Lipinski definition) is 0. The van der Waals surface area contributed by atoms with E-state index in [2.05, 4.69) is 16.7 Å². The maximum atomic E-state index is 2.71. The minimum atomic E-state index is 0.898. The van der Waals surface area contributed by atoms with Crippen molar-refractivity contribution in [2.75, 3.05) is 32.7 Å². The zero-order valence-corrected chi connectivity index (χ0v) is 9.54. The van der Waals surface area contributed by atoms with Gasteiger partial charge in [0.1, 0.15) is 0 Å². The minimum absolute atomic E-state index is 0.898. The average molecular weight is 196 g/mol. The molecule has 82 valence electrons. The second kappa shape index (κ2) is 5.13. The van der Waals surface area contributed by atoms with Crippen LogP contribution < -0.4 is 0 Å².